The van der Waals surface area contributed by atoms with Gasteiger partial charge < -0.3 is 9.80 Å². The van der Waals surface area contributed by atoms with E-state index >= 15 is 0 Å². The average molecular weight is 386 g/mol. The minimum atomic E-state index is -3.01. The highest BCUT2D eigenvalue weighted by Crippen LogP contribution is 2.44. The molecular formula is C16H20ClN3O2S2. The molecular weight excluding hydrogens is 366 g/mol. The predicted octanol–water partition coefficient (Wildman–Crippen LogP) is 2.98. The average Bonchev–Trinajstić information content (AvgIpc) is 2.98. The van der Waals surface area contributed by atoms with E-state index in [1.165, 1.54) is 18.2 Å². The zero-order valence-electron chi connectivity index (χ0n) is 13.2. The smallest absolute Gasteiger partial charge is 0.161 e. The second-order valence-corrected chi connectivity index (χ2v) is 10.5. The Morgan fingerprint density at radius 2 is 1.88 bits per heavy atom. The number of anilines is 2. The first-order valence-corrected chi connectivity index (χ1v) is 11.3. The number of rotatable bonds is 2. The minimum Gasteiger partial charge on any atom is -0.370 e. The molecule has 0 aliphatic carbocycles. The van der Waals surface area contributed by atoms with Gasteiger partial charge in [0.2, 0.25) is 0 Å². The molecule has 3 heterocycles. The molecule has 3 fully saturated rings. The van der Waals surface area contributed by atoms with Crippen molar-refractivity contribution in [2.75, 3.05) is 34.4 Å². The number of nitrogens with zero attached hydrogens (tertiary/aromatic N) is 2. The number of fused-ring (bicyclic) bond motifs is 1. The summed E-state index contributed by atoms with van der Waals surface area (Å²) in [4.78, 5) is 4.24. The van der Waals surface area contributed by atoms with Crippen molar-refractivity contribution in [3.05, 3.63) is 23.2 Å². The summed E-state index contributed by atoms with van der Waals surface area (Å²) >= 11 is 7.62. The Balaban J connectivity index is 1.74. The van der Waals surface area contributed by atoms with Crippen molar-refractivity contribution in [1.29, 1.82) is 5.41 Å². The monoisotopic (exact) mass is 385 g/mol. The normalized spacial score (nSPS) is 29.1. The van der Waals surface area contributed by atoms with Crippen LogP contribution in [0.5, 0.6) is 0 Å². The lowest BCUT2D eigenvalue weighted by atomic mass is 10.1. The SMILES string of the molecule is N=C1SC2CS(=O)(=O)CC2N1c1ccc(Cl)cc1N1CCCCC1. The third-order valence-electron chi connectivity index (χ3n) is 4.98. The van der Waals surface area contributed by atoms with Gasteiger partial charge in [0, 0.05) is 23.4 Å². The molecule has 3 aliphatic heterocycles. The molecule has 1 aromatic carbocycles. The Kier molecular flexibility index (Phi) is 4.21. The number of hydrogen-bond donors (Lipinski definition) is 1. The highest BCUT2D eigenvalue weighted by molar-refractivity contribution is 8.15. The van der Waals surface area contributed by atoms with Crippen LogP contribution in [-0.2, 0) is 9.84 Å². The zero-order chi connectivity index (χ0) is 16.9. The number of thioether (sulfide) groups is 1. The van der Waals surface area contributed by atoms with Crippen molar-refractivity contribution in [1.82, 2.24) is 0 Å². The first kappa shape index (κ1) is 16.5. The van der Waals surface area contributed by atoms with Gasteiger partial charge in [-0.05, 0) is 37.5 Å². The van der Waals surface area contributed by atoms with E-state index in [0.717, 1.165) is 37.3 Å². The fraction of sp³-hybridized carbons (Fsp3) is 0.562. The van der Waals surface area contributed by atoms with Gasteiger partial charge in [0.1, 0.15) is 0 Å². The molecule has 0 aromatic heterocycles. The van der Waals surface area contributed by atoms with Crippen LogP contribution in [-0.4, -0.2) is 49.5 Å². The van der Waals surface area contributed by atoms with Crippen molar-refractivity contribution in [2.45, 2.75) is 30.6 Å². The van der Waals surface area contributed by atoms with Crippen LogP contribution in [0.2, 0.25) is 5.02 Å². The lowest BCUT2D eigenvalue weighted by Gasteiger charge is -2.34. The Hall–Kier alpha value is -0.920. The third kappa shape index (κ3) is 2.91. The molecule has 3 saturated heterocycles. The van der Waals surface area contributed by atoms with E-state index in [4.69, 9.17) is 17.0 Å². The summed E-state index contributed by atoms with van der Waals surface area (Å²) in [5.41, 5.74) is 1.95. The summed E-state index contributed by atoms with van der Waals surface area (Å²) in [7, 11) is -3.01. The maximum Gasteiger partial charge on any atom is 0.161 e. The number of sulfone groups is 1. The standard InChI is InChI=1S/C16H20ClN3O2S2/c17-11-4-5-12(13(8-11)19-6-2-1-3-7-19)20-14-9-24(21,22)10-15(14)23-16(20)18/h4-5,8,14-15,18H,1-3,6-7,9-10H2. The van der Waals surface area contributed by atoms with E-state index in [-0.39, 0.29) is 22.8 Å². The van der Waals surface area contributed by atoms with Gasteiger partial charge in [0.25, 0.3) is 0 Å². The summed E-state index contributed by atoms with van der Waals surface area (Å²) in [6.45, 7) is 1.96. The molecule has 0 spiro atoms. The van der Waals surface area contributed by atoms with Crippen LogP contribution in [0.4, 0.5) is 11.4 Å². The largest absolute Gasteiger partial charge is 0.370 e. The zero-order valence-corrected chi connectivity index (χ0v) is 15.6. The highest BCUT2D eigenvalue weighted by atomic mass is 35.5. The fourth-order valence-electron chi connectivity index (χ4n) is 3.88. The fourth-order valence-corrected chi connectivity index (χ4v) is 7.83. The van der Waals surface area contributed by atoms with Crippen molar-refractivity contribution in [2.24, 2.45) is 0 Å². The number of halogens is 1. The van der Waals surface area contributed by atoms with E-state index in [1.807, 2.05) is 23.1 Å². The molecule has 2 atom stereocenters. The molecule has 0 radical (unpaired) electrons. The highest BCUT2D eigenvalue weighted by Gasteiger charge is 2.49. The van der Waals surface area contributed by atoms with Gasteiger partial charge >= 0.3 is 0 Å². The van der Waals surface area contributed by atoms with Crippen molar-refractivity contribution >= 4 is 49.7 Å². The third-order valence-corrected chi connectivity index (χ3v) is 8.35. The molecule has 5 nitrogen and oxygen atoms in total. The van der Waals surface area contributed by atoms with Crippen LogP contribution in [0.1, 0.15) is 19.3 Å². The first-order valence-electron chi connectivity index (χ1n) is 8.24. The second kappa shape index (κ2) is 6.11. The van der Waals surface area contributed by atoms with Gasteiger partial charge in [-0.3, -0.25) is 5.41 Å². The second-order valence-electron chi connectivity index (χ2n) is 6.66. The Morgan fingerprint density at radius 1 is 1.12 bits per heavy atom. The summed E-state index contributed by atoms with van der Waals surface area (Å²) in [5.74, 6) is 0.308. The van der Waals surface area contributed by atoms with E-state index in [0.29, 0.717) is 10.2 Å². The Labute approximate surface area is 151 Å². The lowest BCUT2D eigenvalue weighted by molar-refractivity contribution is 0.577. The van der Waals surface area contributed by atoms with Gasteiger partial charge in [-0.25, -0.2) is 8.42 Å². The molecule has 24 heavy (non-hydrogen) atoms. The molecule has 2 unspecified atom stereocenters. The molecule has 1 aromatic rings. The number of piperidine rings is 1. The van der Waals surface area contributed by atoms with Crippen molar-refractivity contribution < 1.29 is 8.42 Å². The summed E-state index contributed by atoms with van der Waals surface area (Å²) in [6, 6.07) is 5.59. The van der Waals surface area contributed by atoms with Crippen molar-refractivity contribution in [3.8, 4) is 0 Å². The Bertz CT molecular complexity index is 778. The number of amidine groups is 1. The lowest BCUT2D eigenvalue weighted by Crippen LogP contribution is -2.39. The summed E-state index contributed by atoms with van der Waals surface area (Å²) < 4.78 is 24.1. The minimum absolute atomic E-state index is 0.0348. The van der Waals surface area contributed by atoms with E-state index in [9.17, 15) is 8.42 Å². The molecule has 0 amide bonds. The molecule has 0 saturated carbocycles. The van der Waals surface area contributed by atoms with Gasteiger partial charge in [-0.15, -0.1) is 0 Å². The van der Waals surface area contributed by atoms with Crippen LogP contribution in [0.25, 0.3) is 0 Å². The van der Waals surface area contributed by atoms with Gasteiger partial charge in [0.15, 0.2) is 15.0 Å². The van der Waals surface area contributed by atoms with Gasteiger partial charge in [-0.1, -0.05) is 23.4 Å². The van der Waals surface area contributed by atoms with E-state index < -0.39 is 9.84 Å². The number of hydrogen-bond acceptors (Lipinski definition) is 5. The van der Waals surface area contributed by atoms with Crippen LogP contribution in [0.15, 0.2) is 18.2 Å². The van der Waals surface area contributed by atoms with Gasteiger partial charge in [0.05, 0.1) is 28.9 Å². The predicted molar refractivity (Wildman–Crippen MR) is 102 cm³/mol. The maximum absolute atomic E-state index is 12.0. The molecule has 0 bridgehead atoms. The number of benzene rings is 1. The first-order chi connectivity index (χ1) is 11.4. The molecule has 130 valence electrons. The molecule has 8 heteroatoms. The van der Waals surface area contributed by atoms with Crippen LogP contribution < -0.4 is 9.80 Å². The van der Waals surface area contributed by atoms with Crippen LogP contribution >= 0.6 is 23.4 Å². The molecule has 4 rings (SSSR count). The summed E-state index contributed by atoms with van der Waals surface area (Å²) in [6.07, 6.45) is 3.54. The van der Waals surface area contributed by atoms with Crippen LogP contribution in [0.3, 0.4) is 0 Å². The quantitative estimate of drug-likeness (QED) is 0.847. The Morgan fingerprint density at radius 3 is 2.62 bits per heavy atom. The molecule has 1 N–H and O–H groups in total. The maximum atomic E-state index is 12.0. The van der Waals surface area contributed by atoms with Gasteiger partial charge in [-0.2, -0.15) is 0 Å². The van der Waals surface area contributed by atoms with Crippen molar-refractivity contribution in [3.63, 3.8) is 0 Å². The van der Waals surface area contributed by atoms with E-state index in [1.54, 1.807) is 0 Å². The summed E-state index contributed by atoms with van der Waals surface area (Å²) in [5, 5.41) is 9.46. The van der Waals surface area contributed by atoms with Crippen LogP contribution in [0, 0.1) is 5.41 Å². The molecule has 3 aliphatic rings. The number of nitrogens with one attached hydrogen (secondary N) is 1. The topological polar surface area (TPSA) is 64.5 Å². The van der Waals surface area contributed by atoms with E-state index in [2.05, 4.69) is 4.90 Å².